The van der Waals surface area contributed by atoms with E-state index in [4.69, 9.17) is 0 Å². The van der Waals surface area contributed by atoms with Crippen LogP contribution in [0.5, 0.6) is 0 Å². The molecule has 8 heteroatoms. The third-order valence-electron chi connectivity index (χ3n) is 5.27. The summed E-state index contributed by atoms with van der Waals surface area (Å²) in [6, 6.07) is 25.0. The van der Waals surface area contributed by atoms with Gasteiger partial charge in [-0.2, -0.15) is 0 Å². The summed E-state index contributed by atoms with van der Waals surface area (Å²) in [5, 5.41) is 23.7. The lowest BCUT2D eigenvalue weighted by Crippen LogP contribution is -1.97. The Bertz CT molecular complexity index is 1680. The van der Waals surface area contributed by atoms with Crippen molar-refractivity contribution in [1.82, 2.24) is 0 Å². The number of nitro benzene ring substituents is 2. The van der Waals surface area contributed by atoms with Crippen LogP contribution >= 0.6 is 11.8 Å². The molecule has 0 aliphatic heterocycles. The molecule has 0 amide bonds. The van der Waals surface area contributed by atoms with Crippen LogP contribution in [0.2, 0.25) is 0 Å². The van der Waals surface area contributed by atoms with Crippen molar-refractivity contribution in [1.29, 1.82) is 0 Å². The lowest BCUT2D eigenvalue weighted by atomic mass is 9.98. The van der Waals surface area contributed by atoms with Gasteiger partial charge in [0.1, 0.15) is 0 Å². The van der Waals surface area contributed by atoms with Crippen molar-refractivity contribution in [3.8, 4) is 34.8 Å². The predicted octanol–water partition coefficient (Wildman–Crippen LogP) is 6.61. The van der Waals surface area contributed by atoms with Gasteiger partial charge in [0.15, 0.2) is 5.12 Å². The van der Waals surface area contributed by atoms with Crippen molar-refractivity contribution in [3.63, 3.8) is 0 Å². The Kier molecular flexibility index (Phi) is 7.98. The van der Waals surface area contributed by atoms with E-state index in [2.05, 4.69) is 23.7 Å². The number of hydrogen-bond donors (Lipinski definition) is 0. The molecule has 0 saturated carbocycles. The second-order valence-corrected chi connectivity index (χ2v) is 9.21. The summed E-state index contributed by atoms with van der Waals surface area (Å²) in [5.74, 6) is 11.7. The summed E-state index contributed by atoms with van der Waals surface area (Å²) in [5.41, 5.74) is 1.89. The van der Waals surface area contributed by atoms with Gasteiger partial charge in [0.25, 0.3) is 11.4 Å². The molecule has 0 N–H and O–H groups in total. The highest BCUT2D eigenvalue weighted by Gasteiger charge is 2.23. The number of rotatable bonds is 4. The van der Waals surface area contributed by atoms with Crippen molar-refractivity contribution in [2.75, 3.05) is 0 Å². The summed E-state index contributed by atoms with van der Waals surface area (Å²) in [4.78, 5) is 34.6. The van der Waals surface area contributed by atoms with E-state index in [-0.39, 0.29) is 27.6 Å². The number of nitro groups is 2. The van der Waals surface area contributed by atoms with Crippen molar-refractivity contribution in [2.45, 2.75) is 11.8 Å². The predicted molar refractivity (Wildman–Crippen MR) is 147 cm³/mol. The maximum Gasteiger partial charge on any atom is 0.278 e. The van der Waals surface area contributed by atoms with Gasteiger partial charge in [0, 0.05) is 46.2 Å². The van der Waals surface area contributed by atoms with Crippen LogP contribution in [0.15, 0.2) is 95.9 Å². The molecule has 0 aliphatic rings. The SMILES string of the molecule is CC(=O)Sc1ccc(C#Cc2ccc(-c3ccc(C#Cc4ccccc4)cc3[N+](=O)[O-])c([N+](=O)[O-])c2)cc1. The van der Waals surface area contributed by atoms with E-state index in [1.165, 1.54) is 31.2 Å². The van der Waals surface area contributed by atoms with E-state index >= 15 is 0 Å². The molecule has 0 heterocycles. The summed E-state index contributed by atoms with van der Waals surface area (Å²) in [6.45, 7) is 1.48. The minimum Gasteiger partial charge on any atom is -0.287 e. The van der Waals surface area contributed by atoms with Gasteiger partial charge in [-0.15, -0.1) is 0 Å². The van der Waals surface area contributed by atoms with Crippen LogP contribution in [0.25, 0.3) is 11.1 Å². The fourth-order valence-electron chi connectivity index (χ4n) is 3.56. The molecule has 184 valence electrons. The normalized spacial score (nSPS) is 9.92. The fraction of sp³-hybridized carbons (Fsp3) is 0.0333. The standard InChI is InChI=1S/C30H18N2O5S/c1-21(33)38-26-15-11-23(12-16-26)8-10-25-14-18-28(30(20-25)32(36)37)27-17-13-24(19-29(27)31(34)35)9-7-22-5-3-2-4-6-22/h2-6,11-20H,1H3. The van der Waals surface area contributed by atoms with Gasteiger partial charge in [0.2, 0.25) is 0 Å². The molecular formula is C30H18N2O5S. The van der Waals surface area contributed by atoms with Crippen LogP contribution in [0.3, 0.4) is 0 Å². The second kappa shape index (κ2) is 11.7. The Labute approximate surface area is 222 Å². The Morgan fingerprint density at radius 3 is 1.50 bits per heavy atom. The van der Waals surface area contributed by atoms with Gasteiger partial charge in [0.05, 0.1) is 21.0 Å². The third kappa shape index (κ3) is 6.52. The first-order valence-electron chi connectivity index (χ1n) is 11.2. The zero-order chi connectivity index (χ0) is 27.1. The highest BCUT2D eigenvalue weighted by atomic mass is 32.2. The fourth-order valence-corrected chi connectivity index (χ4v) is 4.16. The van der Waals surface area contributed by atoms with Gasteiger partial charge in [-0.1, -0.05) is 53.6 Å². The summed E-state index contributed by atoms with van der Waals surface area (Å²) in [7, 11) is 0. The smallest absolute Gasteiger partial charge is 0.278 e. The van der Waals surface area contributed by atoms with Crippen molar-refractivity contribution in [3.05, 3.63) is 133 Å². The van der Waals surface area contributed by atoms with Crippen molar-refractivity contribution < 1.29 is 14.6 Å². The molecule has 4 aromatic rings. The Balaban J connectivity index is 1.67. The largest absolute Gasteiger partial charge is 0.287 e. The monoisotopic (exact) mass is 518 g/mol. The molecule has 0 radical (unpaired) electrons. The molecule has 38 heavy (non-hydrogen) atoms. The Hall–Kier alpha value is -5.18. The van der Waals surface area contributed by atoms with E-state index in [1.54, 1.807) is 36.4 Å². The zero-order valence-corrected chi connectivity index (χ0v) is 20.8. The van der Waals surface area contributed by atoms with Crippen LogP contribution < -0.4 is 0 Å². The highest BCUT2D eigenvalue weighted by Crippen LogP contribution is 2.37. The number of nitrogens with zero attached hydrogens (tertiary/aromatic N) is 2. The maximum atomic E-state index is 11.9. The molecule has 0 bridgehead atoms. The van der Waals surface area contributed by atoms with Crippen LogP contribution in [-0.2, 0) is 4.79 Å². The molecule has 0 unspecified atom stereocenters. The minimum atomic E-state index is -0.582. The first-order chi connectivity index (χ1) is 18.3. The molecule has 0 aromatic heterocycles. The third-order valence-corrected chi connectivity index (χ3v) is 6.07. The average Bonchev–Trinajstić information content (AvgIpc) is 2.91. The second-order valence-electron chi connectivity index (χ2n) is 7.96. The van der Waals surface area contributed by atoms with Gasteiger partial charge < -0.3 is 0 Å². The molecule has 0 fully saturated rings. The number of benzene rings is 4. The Morgan fingerprint density at radius 1 is 0.632 bits per heavy atom. The van der Waals surface area contributed by atoms with Gasteiger partial charge >= 0.3 is 0 Å². The molecule has 0 atom stereocenters. The first kappa shape index (κ1) is 25.9. The lowest BCUT2D eigenvalue weighted by Gasteiger charge is -2.06. The van der Waals surface area contributed by atoms with E-state index < -0.39 is 9.85 Å². The quantitative estimate of drug-likeness (QED) is 0.130. The number of carbonyl (C=O) groups excluding carboxylic acids is 1. The minimum absolute atomic E-state index is 0.0220. The summed E-state index contributed by atoms with van der Waals surface area (Å²) < 4.78 is 0. The van der Waals surface area contributed by atoms with Gasteiger partial charge in [-0.3, -0.25) is 25.0 Å². The molecule has 0 spiro atoms. The molecule has 4 aromatic carbocycles. The van der Waals surface area contributed by atoms with Crippen LogP contribution in [0, 0.1) is 43.9 Å². The topological polar surface area (TPSA) is 103 Å². The maximum absolute atomic E-state index is 11.9. The first-order valence-corrected chi connectivity index (χ1v) is 12.1. The summed E-state index contributed by atoms with van der Waals surface area (Å²) in [6.07, 6.45) is 0. The molecule has 7 nitrogen and oxygen atoms in total. The molecule has 0 aliphatic carbocycles. The highest BCUT2D eigenvalue weighted by molar-refractivity contribution is 8.13. The van der Waals surface area contributed by atoms with E-state index in [0.717, 1.165) is 22.2 Å². The van der Waals surface area contributed by atoms with Crippen molar-refractivity contribution in [2.24, 2.45) is 0 Å². The molecular weight excluding hydrogens is 500 g/mol. The molecule has 4 rings (SSSR count). The van der Waals surface area contributed by atoms with Gasteiger partial charge in [-0.05, 0) is 60.7 Å². The van der Waals surface area contributed by atoms with Gasteiger partial charge in [-0.25, -0.2) is 0 Å². The lowest BCUT2D eigenvalue weighted by molar-refractivity contribution is -0.386. The van der Waals surface area contributed by atoms with E-state index in [9.17, 15) is 25.0 Å². The Morgan fingerprint density at radius 2 is 1.05 bits per heavy atom. The molecule has 0 saturated heterocycles. The van der Waals surface area contributed by atoms with E-state index in [1.807, 2.05) is 30.3 Å². The van der Waals surface area contributed by atoms with Crippen molar-refractivity contribution >= 4 is 28.3 Å². The summed E-state index contributed by atoms with van der Waals surface area (Å²) >= 11 is 1.11. The van der Waals surface area contributed by atoms with Crippen LogP contribution in [-0.4, -0.2) is 15.0 Å². The number of hydrogen-bond acceptors (Lipinski definition) is 6. The van der Waals surface area contributed by atoms with Crippen LogP contribution in [0.4, 0.5) is 11.4 Å². The van der Waals surface area contributed by atoms with E-state index in [0.29, 0.717) is 16.7 Å². The number of carbonyl (C=O) groups is 1. The number of thioether (sulfide) groups is 1. The van der Waals surface area contributed by atoms with Crippen LogP contribution in [0.1, 0.15) is 29.2 Å². The zero-order valence-electron chi connectivity index (χ0n) is 20.0. The average molecular weight is 519 g/mol.